The molecule has 0 spiro atoms. The molecule has 0 bridgehead atoms. The predicted octanol–water partition coefficient (Wildman–Crippen LogP) is 3.43. The Kier molecular flexibility index (Phi) is 4.81. The van der Waals surface area contributed by atoms with Crippen molar-refractivity contribution in [2.75, 3.05) is 18.9 Å². The van der Waals surface area contributed by atoms with E-state index in [2.05, 4.69) is 35.8 Å². The normalized spacial score (nSPS) is 27.6. The lowest BCUT2D eigenvalue weighted by atomic mass is 9.89. The Balaban J connectivity index is 2.02. The van der Waals surface area contributed by atoms with Crippen LogP contribution in [0, 0.1) is 5.92 Å². The van der Waals surface area contributed by atoms with Gasteiger partial charge in [-0.1, -0.05) is 13.0 Å². The molecule has 0 radical (unpaired) electrons. The fraction of sp³-hybridized carbons (Fsp3) is 0.600. The van der Waals surface area contributed by atoms with E-state index in [0.29, 0.717) is 18.0 Å². The molecular weight excluding hydrogens is 262 g/mol. The third-order valence-electron chi connectivity index (χ3n) is 4.02. The molecule has 112 valence electrons. The van der Waals surface area contributed by atoms with Crippen LogP contribution in [0.3, 0.4) is 0 Å². The molecule has 0 aromatic heterocycles. The van der Waals surface area contributed by atoms with Gasteiger partial charge in [-0.05, 0) is 38.4 Å². The molecule has 1 N–H and O–H groups in total. The number of nitrogens with one attached hydrogen (secondary N) is 1. The number of hydrogen-bond donors (Lipinski definition) is 1. The summed E-state index contributed by atoms with van der Waals surface area (Å²) >= 11 is 0. The van der Waals surface area contributed by atoms with Gasteiger partial charge in [0.25, 0.3) is 0 Å². The molecule has 1 fully saturated rings. The van der Waals surface area contributed by atoms with E-state index < -0.39 is 6.61 Å². The van der Waals surface area contributed by atoms with Gasteiger partial charge in [0, 0.05) is 30.4 Å². The maximum absolute atomic E-state index is 12.2. The number of hydrogen-bond acceptors (Lipinski definition) is 3. The van der Waals surface area contributed by atoms with Crippen LogP contribution in [0.25, 0.3) is 0 Å². The number of piperidine rings is 1. The van der Waals surface area contributed by atoms with Crippen LogP contribution < -0.4 is 10.1 Å². The number of ether oxygens (including phenoxy) is 1. The smallest absolute Gasteiger partial charge is 0.387 e. The van der Waals surface area contributed by atoms with Gasteiger partial charge < -0.3 is 15.0 Å². The summed E-state index contributed by atoms with van der Waals surface area (Å²) in [6.07, 6.45) is 1.04. The third kappa shape index (κ3) is 3.82. The highest BCUT2D eigenvalue weighted by Crippen LogP contribution is 2.26. The van der Waals surface area contributed by atoms with E-state index in [1.807, 2.05) is 6.07 Å². The van der Waals surface area contributed by atoms with Crippen LogP contribution in [0.4, 0.5) is 14.5 Å². The minimum atomic E-state index is -2.78. The number of benzene rings is 1. The lowest BCUT2D eigenvalue weighted by molar-refractivity contribution is -0.0498. The molecule has 1 aliphatic rings. The van der Waals surface area contributed by atoms with Crippen LogP contribution in [0.15, 0.2) is 24.3 Å². The molecule has 1 aromatic rings. The molecule has 3 unspecified atom stereocenters. The van der Waals surface area contributed by atoms with E-state index in [-0.39, 0.29) is 5.75 Å². The fourth-order valence-electron chi connectivity index (χ4n) is 2.72. The number of likely N-dealkylation sites (tertiary alicyclic amines) is 1. The second kappa shape index (κ2) is 6.39. The fourth-order valence-corrected chi connectivity index (χ4v) is 2.72. The highest BCUT2D eigenvalue weighted by Gasteiger charge is 2.28. The van der Waals surface area contributed by atoms with Crippen LogP contribution in [-0.2, 0) is 0 Å². The zero-order valence-corrected chi connectivity index (χ0v) is 12.1. The Morgan fingerprint density at radius 2 is 2.10 bits per heavy atom. The predicted molar refractivity (Wildman–Crippen MR) is 76.4 cm³/mol. The van der Waals surface area contributed by atoms with E-state index in [0.717, 1.165) is 18.7 Å². The molecular formula is C15H22F2N2O. The molecule has 5 heteroatoms. The van der Waals surface area contributed by atoms with Crippen molar-refractivity contribution < 1.29 is 13.5 Å². The van der Waals surface area contributed by atoms with Gasteiger partial charge in [0.05, 0.1) is 0 Å². The summed E-state index contributed by atoms with van der Waals surface area (Å²) in [6, 6.07) is 7.64. The van der Waals surface area contributed by atoms with Gasteiger partial charge >= 0.3 is 6.61 Å². The summed E-state index contributed by atoms with van der Waals surface area (Å²) in [5.74, 6) is 0.703. The molecule has 2 rings (SSSR count). The molecule has 0 aliphatic carbocycles. The minimum Gasteiger partial charge on any atom is -0.435 e. The number of halogens is 2. The largest absolute Gasteiger partial charge is 0.435 e. The average Bonchev–Trinajstić information content (AvgIpc) is 2.35. The minimum absolute atomic E-state index is 0.193. The van der Waals surface area contributed by atoms with Gasteiger partial charge in [-0.3, -0.25) is 0 Å². The van der Waals surface area contributed by atoms with Crippen LogP contribution in [-0.4, -0.2) is 37.2 Å². The number of nitrogens with zero attached hydrogens (tertiary/aromatic N) is 1. The van der Waals surface area contributed by atoms with Crippen molar-refractivity contribution in [3.05, 3.63) is 24.3 Å². The molecule has 1 heterocycles. The zero-order chi connectivity index (χ0) is 14.7. The molecule has 3 atom stereocenters. The Labute approximate surface area is 118 Å². The maximum atomic E-state index is 12.2. The Morgan fingerprint density at radius 3 is 2.80 bits per heavy atom. The molecule has 3 nitrogen and oxygen atoms in total. The first kappa shape index (κ1) is 15.0. The monoisotopic (exact) mass is 284 g/mol. The molecule has 0 amide bonds. The second-order valence-corrected chi connectivity index (χ2v) is 5.66. The molecule has 20 heavy (non-hydrogen) atoms. The van der Waals surface area contributed by atoms with Crippen molar-refractivity contribution in [1.82, 2.24) is 4.90 Å². The van der Waals surface area contributed by atoms with Gasteiger partial charge in [-0.25, -0.2) is 0 Å². The highest BCUT2D eigenvalue weighted by molar-refractivity contribution is 5.49. The van der Waals surface area contributed by atoms with Gasteiger partial charge in [0.15, 0.2) is 0 Å². The van der Waals surface area contributed by atoms with Crippen LogP contribution in [0.2, 0.25) is 0 Å². The lowest BCUT2D eigenvalue weighted by Gasteiger charge is -2.40. The van der Waals surface area contributed by atoms with E-state index in [4.69, 9.17) is 0 Å². The summed E-state index contributed by atoms with van der Waals surface area (Å²) in [6.45, 7) is 2.66. The Hall–Kier alpha value is -1.36. The lowest BCUT2D eigenvalue weighted by Crippen LogP contribution is -2.48. The standard InChI is InChI=1S/C15H22F2N2O/c1-10-9-19(3)11(2)7-14(10)18-12-5-4-6-13(8-12)20-15(16)17/h4-6,8,10-11,14-15,18H,7,9H2,1-3H3. The highest BCUT2D eigenvalue weighted by atomic mass is 19.3. The Morgan fingerprint density at radius 1 is 1.35 bits per heavy atom. The molecule has 1 aliphatic heterocycles. The summed E-state index contributed by atoms with van der Waals surface area (Å²) in [4.78, 5) is 2.35. The van der Waals surface area contributed by atoms with Crippen molar-refractivity contribution >= 4 is 5.69 Å². The van der Waals surface area contributed by atoms with Gasteiger partial charge in [0.1, 0.15) is 5.75 Å². The van der Waals surface area contributed by atoms with Crippen LogP contribution in [0.5, 0.6) is 5.75 Å². The molecule has 0 saturated carbocycles. The summed E-state index contributed by atoms with van der Waals surface area (Å²) < 4.78 is 28.9. The average molecular weight is 284 g/mol. The topological polar surface area (TPSA) is 24.5 Å². The number of anilines is 1. The van der Waals surface area contributed by atoms with Gasteiger partial charge in [0.2, 0.25) is 0 Å². The Bertz CT molecular complexity index is 442. The van der Waals surface area contributed by atoms with Crippen molar-refractivity contribution in [2.45, 2.75) is 39.0 Å². The molecule has 1 aromatic carbocycles. The second-order valence-electron chi connectivity index (χ2n) is 5.66. The van der Waals surface area contributed by atoms with Crippen molar-refractivity contribution in [3.8, 4) is 5.75 Å². The van der Waals surface area contributed by atoms with Crippen molar-refractivity contribution in [1.29, 1.82) is 0 Å². The SMILES string of the molecule is CC1CN(C)C(C)CC1Nc1cccc(OC(F)F)c1. The number of alkyl halides is 2. The van der Waals surface area contributed by atoms with Crippen molar-refractivity contribution in [2.24, 2.45) is 5.92 Å². The first-order valence-corrected chi connectivity index (χ1v) is 6.97. The maximum Gasteiger partial charge on any atom is 0.387 e. The van der Waals surface area contributed by atoms with E-state index >= 15 is 0 Å². The quantitative estimate of drug-likeness (QED) is 0.916. The van der Waals surface area contributed by atoms with Crippen LogP contribution in [0.1, 0.15) is 20.3 Å². The van der Waals surface area contributed by atoms with Crippen LogP contribution >= 0.6 is 0 Å². The summed E-state index contributed by atoms with van der Waals surface area (Å²) in [7, 11) is 2.13. The molecule has 1 saturated heterocycles. The van der Waals surface area contributed by atoms with E-state index in [1.54, 1.807) is 12.1 Å². The third-order valence-corrected chi connectivity index (χ3v) is 4.02. The zero-order valence-electron chi connectivity index (χ0n) is 12.1. The van der Waals surface area contributed by atoms with Gasteiger partial charge in [-0.15, -0.1) is 0 Å². The van der Waals surface area contributed by atoms with E-state index in [1.165, 1.54) is 6.07 Å². The first-order chi connectivity index (χ1) is 9.45. The first-order valence-electron chi connectivity index (χ1n) is 6.97. The van der Waals surface area contributed by atoms with Gasteiger partial charge in [-0.2, -0.15) is 8.78 Å². The number of rotatable bonds is 4. The van der Waals surface area contributed by atoms with E-state index in [9.17, 15) is 8.78 Å². The summed E-state index contributed by atoms with van der Waals surface area (Å²) in [5.41, 5.74) is 0.830. The van der Waals surface area contributed by atoms with Crippen molar-refractivity contribution in [3.63, 3.8) is 0 Å². The summed E-state index contributed by atoms with van der Waals surface area (Å²) in [5, 5.41) is 3.44.